The van der Waals surface area contributed by atoms with E-state index in [-0.39, 0.29) is 44.0 Å². The molecule has 1 aliphatic heterocycles. The molecule has 0 aromatic heterocycles. The highest BCUT2D eigenvalue weighted by molar-refractivity contribution is 5.80. The van der Waals surface area contributed by atoms with Crippen LogP contribution in [-0.4, -0.2) is 66.4 Å². The smallest absolute Gasteiger partial charge is 0.407 e. The van der Waals surface area contributed by atoms with Gasteiger partial charge in [0.1, 0.15) is 6.61 Å². The van der Waals surface area contributed by atoms with Gasteiger partial charge in [0.15, 0.2) is 6.10 Å². The van der Waals surface area contributed by atoms with E-state index in [9.17, 15) is 14.4 Å². The van der Waals surface area contributed by atoms with Crippen molar-refractivity contribution in [3.63, 3.8) is 0 Å². The van der Waals surface area contributed by atoms with Gasteiger partial charge in [0.2, 0.25) is 5.91 Å². The molecule has 2 amide bonds. The zero-order valence-corrected chi connectivity index (χ0v) is 18.5. The van der Waals surface area contributed by atoms with Gasteiger partial charge in [-0.25, -0.2) is 9.59 Å². The maximum absolute atomic E-state index is 12.4. The number of carboxylic acid groups (broad SMARTS) is 1. The van der Waals surface area contributed by atoms with Crippen molar-refractivity contribution < 1.29 is 29.0 Å². The predicted molar refractivity (Wildman–Crippen MR) is 121 cm³/mol. The number of hydrogen-bond acceptors (Lipinski definition) is 5. The molecule has 1 aliphatic carbocycles. The monoisotopic (exact) mass is 452 g/mol. The van der Waals surface area contributed by atoms with E-state index >= 15 is 0 Å². The molecular formula is C25H28N2O6. The Labute approximate surface area is 192 Å². The highest BCUT2D eigenvalue weighted by Gasteiger charge is 2.30. The van der Waals surface area contributed by atoms with Crippen LogP contribution in [-0.2, 0) is 19.1 Å². The normalized spacial score (nSPS) is 18.2. The van der Waals surface area contributed by atoms with E-state index in [1.807, 2.05) is 31.2 Å². The number of nitrogens with one attached hydrogen (secondary N) is 1. The van der Waals surface area contributed by atoms with Gasteiger partial charge in [-0.15, -0.1) is 0 Å². The van der Waals surface area contributed by atoms with Crippen molar-refractivity contribution in [1.29, 1.82) is 0 Å². The molecule has 0 saturated carbocycles. The predicted octanol–water partition coefficient (Wildman–Crippen LogP) is 3.01. The third-order valence-corrected chi connectivity index (χ3v) is 6.19. The average molecular weight is 453 g/mol. The number of aliphatic carboxylic acids is 1. The molecule has 8 nitrogen and oxygen atoms in total. The number of rotatable bonds is 7. The quantitative estimate of drug-likeness (QED) is 0.669. The molecule has 4 rings (SSSR count). The summed E-state index contributed by atoms with van der Waals surface area (Å²) in [7, 11) is 0. The zero-order valence-electron chi connectivity index (χ0n) is 18.5. The molecular weight excluding hydrogens is 424 g/mol. The van der Waals surface area contributed by atoms with E-state index in [1.54, 1.807) is 0 Å². The Morgan fingerprint density at radius 2 is 1.76 bits per heavy atom. The SMILES string of the molecule is CC(CCC(=O)N1CCOC(C(=O)O)C1)NC(=O)OCC1c2ccccc2-c2ccccc21. The first kappa shape index (κ1) is 22.8. The molecule has 2 aliphatic rings. The number of benzene rings is 2. The van der Waals surface area contributed by atoms with Crippen molar-refractivity contribution >= 4 is 18.0 Å². The number of fused-ring (bicyclic) bond motifs is 3. The first-order chi connectivity index (χ1) is 15.9. The summed E-state index contributed by atoms with van der Waals surface area (Å²) in [6, 6.07) is 16.0. The number of ether oxygens (including phenoxy) is 2. The van der Waals surface area contributed by atoms with Crippen LogP contribution in [0.1, 0.15) is 36.8 Å². The molecule has 1 saturated heterocycles. The molecule has 2 atom stereocenters. The maximum Gasteiger partial charge on any atom is 0.407 e. The lowest BCUT2D eigenvalue weighted by molar-refractivity contribution is -0.159. The summed E-state index contributed by atoms with van der Waals surface area (Å²) < 4.78 is 10.7. The number of hydrogen-bond donors (Lipinski definition) is 2. The number of carbonyl (C=O) groups excluding carboxylic acids is 2. The van der Waals surface area contributed by atoms with Crippen LogP contribution in [0.25, 0.3) is 11.1 Å². The minimum absolute atomic E-state index is 0.0106. The minimum atomic E-state index is -1.07. The second-order valence-corrected chi connectivity index (χ2v) is 8.45. The van der Waals surface area contributed by atoms with Crippen LogP contribution in [0.3, 0.4) is 0 Å². The summed E-state index contributed by atoms with van der Waals surface area (Å²) in [6.45, 7) is 2.67. The van der Waals surface area contributed by atoms with Crippen molar-refractivity contribution in [2.24, 2.45) is 0 Å². The van der Waals surface area contributed by atoms with Gasteiger partial charge in [0, 0.05) is 24.9 Å². The summed E-state index contributed by atoms with van der Waals surface area (Å²) in [5.74, 6) is -1.23. The summed E-state index contributed by atoms with van der Waals surface area (Å²) in [6.07, 6.45) is -0.872. The Bertz CT molecular complexity index is 994. The van der Waals surface area contributed by atoms with Crippen molar-refractivity contribution in [3.8, 4) is 11.1 Å². The van der Waals surface area contributed by atoms with Crippen LogP contribution in [0.5, 0.6) is 0 Å². The maximum atomic E-state index is 12.4. The van der Waals surface area contributed by atoms with Crippen molar-refractivity contribution in [1.82, 2.24) is 10.2 Å². The van der Waals surface area contributed by atoms with Gasteiger partial charge >= 0.3 is 12.1 Å². The molecule has 33 heavy (non-hydrogen) atoms. The van der Waals surface area contributed by atoms with Crippen LogP contribution in [0, 0.1) is 0 Å². The number of carboxylic acids is 1. The topological polar surface area (TPSA) is 105 Å². The van der Waals surface area contributed by atoms with E-state index < -0.39 is 18.2 Å². The second-order valence-electron chi connectivity index (χ2n) is 8.45. The lowest BCUT2D eigenvalue weighted by Gasteiger charge is -2.31. The minimum Gasteiger partial charge on any atom is -0.479 e. The van der Waals surface area contributed by atoms with Gasteiger partial charge in [-0.1, -0.05) is 48.5 Å². The summed E-state index contributed by atoms with van der Waals surface area (Å²) in [4.78, 5) is 37.4. The molecule has 2 aromatic carbocycles. The number of alkyl carbamates (subject to hydrolysis) is 1. The zero-order chi connectivity index (χ0) is 23.4. The van der Waals surface area contributed by atoms with E-state index in [0.29, 0.717) is 13.0 Å². The third kappa shape index (κ3) is 5.17. The van der Waals surface area contributed by atoms with Crippen molar-refractivity contribution in [2.75, 3.05) is 26.3 Å². The highest BCUT2D eigenvalue weighted by atomic mass is 16.5. The average Bonchev–Trinajstić information content (AvgIpc) is 3.15. The number of amides is 2. The van der Waals surface area contributed by atoms with E-state index in [4.69, 9.17) is 14.6 Å². The molecule has 2 N–H and O–H groups in total. The number of nitrogens with zero attached hydrogens (tertiary/aromatic N) is 1. The van der Waals surface area contributed by atoms with Crippen LogP contribution in [0.2, 0.25) is 0 Å². The fourth-order valence-corrected chi connectivity index (χ4v) is 4.44. The molecule has 0 radical (unpaired) electrons. The van der Waals surface area contributed by atoms with Gasteiger partial charge in [0.25, 0.3) is 0 Å². The van der Waals surface area contributed by atoms with Gasteiger partial charge in [0.05, 0.1) is 13.2 Å². The molecule has 1 heterocycles. The van der Waals surface area contributed by atoms with Gasteiger partial charge < -0.3 is 24.8 Å². The highest BCUT2D eigenvalue weighted by Crippen LogP contribution is 2.44. The van der Waals surface area contributed by atoms with E-state index in [0.717, 1.165) is 11.1 Å². The fourth-order valence-electron chi connectivity index (χ4n) is 4.44. The lowest BCUT2D eigenvalue weighted by Crippen LogP contribution is -2.48. The fraction of sp³-hybridized carbons (Fsp3) is 0.400. The molecule has 2 aromatic rings. The Balaban J connectivity index is 1.25. The summed E-state index contributed by atoms with van der Waals surface area (Å²) in [5.41, 5.74) is 4.63. The van der Waals surface area contributed by atoms with E-state index in [2.05, 4.69) is 29.6 Å². The van der Waals surface area contributed by atoms with Crippen LogP contribution in [0.4, 0.5) is 4.79 Å². The molecule has 2 unspecified atom stereocenters. The van der Waals surface area contributed by atoms with Gasteiger partial charge in [-0.05, 0) is 35.6 Å². The van der Waals surface area contributed by atoms with E-state index in [1.165, 1.54) is 16.0 Å². The largest absolute Gasteiger partial charge is 0.479 e. The lowest BCUT2D eigenvalue weighted by atomic mass is 9.98. The Hall–Kier alpha value is -3.39. The van der Waals surface area contributed by atoms with Crippen molar-refractivity contribution in [3.05, 3.63) is 59.7 Å². The summed E-state index contributed by atoms with van der Waals surface area (Å²) >= 11 is 0. The Kier molecular flexibility index (Phi) is 6.93. The standard InChI is InChI=1S/C25H28N2O6/c1-16(10-11-23(28)27-12-13-32-22(14-27)24(29)30)26-25(31)33-15-21-19-8-4-2-6-17(19)18-7-3-5-9-20(18)21/h2-9,16,21-22H,10-15H2,1H3,(H,26,31)(H,29,30). The number of carbonyl (C=O) groups is 3. The molecule has 1 fully saturated rings. The first-order valence-corrected chi connectivity index (χ1v) is 11.2. The van der Waals surface area contributed by atoms with Crippen LogP contribution >= 0.6 is 0 Å². The van der Waals surface area contributed by atoms with Gasteiger partial charge in [-0.3, -0.25) is 4.79 Å². The molecule has 0 bridgehead atoms. The van der Waals surface area contributed by atoms with Crippen LogP contribution < -0.4 is 5.32 Å². The van der Waals surface area contributed by atoms with Gasteiger partial charge in [-0.2, -0.15) is 0 Å². The Morgan fingerprint density at radius 3 is 2.39 bits per heavy atom. The van der Waals surface area contributed by atoms with Crippen molar-refractivity contribution in [2.45, 2.75) is 37.8 Å². The van der Waals surface area contributed by atoms with Crippen LogP contribution in [0.15, 0.2) is 48.5 Å². The summed E-state index contributed by atoms with van der Waals surface area (Å²) in [5, 5.41) is 11.9. The number of morpholine rings is 1. The first-order valence-electron chi connectivity index (χ1n) is 11.2. The second kappa shape index (κ2) is 10.0. The Morgan fingerprint density at radius 1 is 1.12 bits per heavy atom. The molecule has 8 heteroatoms. The third-order valence-electron chi connectivity index (χ3n) is 6.19. The molecule has 0 spiro atoms. The molecule has 174 valence electrons.